The molecule has 2 aromatic rings. The molecule has 0 saturated heterocycles. The monoisotopic (exact) mass is 284 g/mol. The molecular formula is C18H24N2O. The number of nitrogens with one attached hydrogen (secondary N) is 1. The SMILES string of the molecule is CCOc1ncccc1NC(C)c1c(C)cc(C)cc1C. The average Bonchev–Trinajstić information content (AvgIpc) is 2.40. The Morgan fingerprint density at radius 3 is 2.48 bits per heavy atom. The number of benzene rings is 1. The van der Waals surface area contributed by atoms with Crippen LogP contribution < -0.4 is 10.1 Å². The van der Waals surface area contributed by atoms with Gasteiger partial charge in [0.2, 0.25) is 5.88 Å². The van der Waals surface area contributed by atoms with Crippen LogP contribution in [0, 0.1) is 20.8 Å². The number of hydrogen-bond acceptors (Lipinski definition) is 3. The molecule has 0 aliphatic carbocycles. The molecule has 0 aliphatic heterocycles. The molecule has 1 aromatic carbocycles. The number of nitrogens with zero attached hydrogens (tertiary/aromatic N) is 1. The van der Waals surface area contributed by atoms with Crippen molar-refractivity contribution in [2.75, 3.05) is 11.9 Å². The predicted octanol–water partition coefficient (Wildman–Crippen LogP) is 4.58. The first-order valence-electron chi connectivity index (χ1n) is 7.45. The van der Waals surface area contributed by atoms with Crippen LogP contribution in [0.1, 0.15) is 42.1 Å². The van der Waals surface area contributed by atoms with Gasteiger partial charge < -0.3 is 10.1 Å². The van der Waals surface area contributed by atoms with E-state index in [4.69, 9.17) is 4.74 Å². The van der Waals surface area contributed by atoms with Crippen LogP contribution in [0.3, 0.4) is 0 Å². The molecule has 0 bridgehead atoms. The van der Waals surface area contributed by atoms with Crippen molar-refractivity contribution in [1.29, 1.82) is 0 Å². The Morgan fingerprint density at radius 1 is 1.19 bits per heavy atom. The number of ether oxygens (including phenoxy) is 1. The van der Waals surface area contributed by atoms with E-state index in [2.05, 4.69) is 50.1 Å². The number of hydrogen-bond donors (Lipinski definition) is 1. The van der Waals surface area contributed by atoms with Crippen LogP contribution in [0.5, 0.6) is 5.88 Å². The van der Waals surface area contributed by atoms with Crippen molar-refractivity contribution in [2.45, 2.75) is 40.7 Å². The Labute approximate surface area is 127 Å². The Hall–Kier alpha value is -2.03. The normalized spacial score (nSPS) is 12.0. The minimum Gasteiger partial charge on any atom is -0.476 e. The summed E-state index contributed by atoms with van der Waals surface area (Å²) >= 11 is 0. The van der Waals surface area contributed by atoms with E-state index in [1.54, 1.807) is 6.20 Å². The van der Waals surface area contributed by atoms with Crippen LogP contribution in [-0.4, -0.2) is 11.6 Å². The van der Waals surface area contributed by atoms with E-state index < -0.39 is 0 Å². The molecule has 0 spiro atoms. The van der Waals surface area contributed by atoms with Gasteiger partial charge in [-0.05, 0) is 63.4 Å². The molecule has 0 radical (unpaired) electrons. The molecule has 1 aromatic heterocycles. The first-order valence-corrected chi connectivity index (χ1v) is 7.45. The van der Waals surface area contributed by atoms with Crippen molar-refractivity contribution in [3.8, 4) is 5.88 Å². The summed E-state index contributed by atoms with van der Waals surface area (Å²) in [6.07, 6.45) is 1.75. The largest absolute Gasteiger partial charge is 0.476 e. The summed E-state index contributed by atoms with van der Waals surface area (Å²) in [7, 11) is 0. The summed E-state index contributed by atoms with van der Waals surface area (Å²) in [4.78, 5) is 4.29. The van der Waals surface area contributed by atoms with Gasteiger partial charge in [0.05, 0.1) is 12.3 Å². The van der Waals surface area contributed by atoms with Crippen LogP contribution in [0.15, 0.2) is 30.5 Å². The Balaban J connectivity index is 2.28. The number of aromatic nitrogens is 1. The maximum absolute atomic E-state index is 5.58. The van der Waals surface area contributed by atoms with Crippen molar-refractivity contribution >= 4 is 5.69 Å². The zero-order valence-electron chi connectivity index (χ0n) is 13.5. The van der Waals surface area contributed by atoms with Crippen molar-refractivity contribution in [3.05, 3.63) is 52.7 Å². The number of rotatable bonds is 5. The summed E-state index contributed by atoms with van der Waals surface area (Å²) in [5.74, 6) is 0.661. The predicted molar refractivity (Wildman–Crippen MR) is 88.1 cm³/mol. The van der Waals surface area contributed by atoms with Crippen molar-refractivity contribution < 1.29 is 4.74 Å². The zero-order valence-corrected chi connectivity index (χ0v) is 13.5. The smallest absolute Gasteiger partial charge is 0.237 e. The molecule has 1 atom stereocenters. The lowest BCUT2D eigenvalue weighted by Crippen LogP contribution is -2.12. The minimum atomic E-state index is 0.203. The van der Waals surface area contributed by atoms with Crippen molar-refractivity contribution in [1.82, 2.24) is 4.98 Å². The number of anilines is 1. The minimum absolute atomic E-state index is 0.203. The van der Waals surface area contributed by atoms with Gasteiger partial charge >= 0.3 is 0 Å². The number of aryl methyl sites for hydroxylation is 3. The lowest BCUT2D eigenvalue weighted by molar-refractivity contribution is 0.328. The van der Waals surface area contributed by atoms with E-state index in [1.807, 2.05) is 19.1 Å². The second-order valence-electron chi connectivity index (χ2n) is 5.47. The molecule has 1 heterocycles. The third kappa shape index (κ3) is 3.54. The van der Waals surface area contributed by atoms with Crippen LogP contribution in [0.25, 0.3) is 0 Å². The lowest BCUT2D eigenvalue weighted by atomic mass is 9.95. The van der Waals surface area contributed by atoms with Crippen molar-refractivity contribution in [3.63, 3.8) is 0 Å². The maximum atomic E-state index is 5.58. The fourth-order valence-electron chi connectivity index (χ4n) is 2.93. The van der Waals surface area contributed by atoms with Gasteiger partial charge in [-0.1, -0.05) is 17.7 Å². The molecule has 0 fully saturated rings. The Bertz CT molecular complexity index is 599. The Morgan fingerprint density at radius 2 is 1.86 bits per heavy atom. The highest BCUT2D eigenvalue weighted by atomic mass is 16.5. The molecule has 0 aliphatic rings. The third-order valence-corrected chi connectivity index (χ3v) is 3.60. The summed E-state index contributed by atoms with van der Waals surface area (Å²) in [6.45, 7) is 11.2. The fourth-order valence-corrected chi connectivity index (χ4v) is 2.93. The van der Waals surface area contributed by atoms with Gasteiger partial charge in [-0.25, -0.2) is 4.98 Å². The standard InChI is InChI=1S/C18H24N2O/c1-6-21-18-16(8-7-9-19-18)20-15(5)17-13(3)10-12(2)11-14(17)4/h7-11,15,20H,6H2,1-5H3. The first kappa shape index (κ1) is 15.4. The molecule has 0 saturated carbocycles. The first-order chi connectivity index (χ1) is 10.0. The van der Waals surface area contributed by atoms with E-state index in [0.717, 1.165) is 5.69 Å². The van der Waals surface area contributed by atoms with Crippen LogP contribution in [-0.2, 0) is 0 Å². The molecular weight excluding hydrogens is 260 g/mol. The van der Waals surface area contributed by atoms with Gasteiger partial charge in [0.15, 0.2) is 0 Å². The lowest BCUT2D eigenvalue weighted by Gasteiger charge is -2.21. The molecule has 0 amide bonds. The summed E-state index contributed by atoms with van der Waals surface area (Å²) in [5.41, 5.74) is 6.21. The van der Waals surface area contributed by atoms with Gasteiger partial charge in [0.25, 0.3) is 0 Å². The summed E-state index contributed by atoms with van der Waals surface area (Å²) < 4.78 is 5.58. The molecule has 2 rings (SSSR count). The van der Waals surface area contributed by atoms with Crippen molar-refractivity contribution in [2.24, 2.45) is 0 Å². The molecule has 1 N–H and O–H groups in total. The van der Waals surface area contributed by atoms with E-state index in [-0.39, 0.29) is 6.04 Å². The second-order valence-corrected chi connectivity index (χ2v) is 5.47. The highest BCUT2D eigenvalue weighted by molar-refractivity contribution is 5.54. The van der Waals surface area contributed by atoms with Crippen LogP contribution in [0.4, 0.5) is 5.69 Å². The number of pyridine rings is 1. The van der Waals surface area contributed by atoms with E-state index in [1.165, 1.54) is 22.3 Å². The quantitative estimate of drug-likeness (QED) is 0.872. The molecule has 3 nitrogen and oxygen atoms in total. The highest BCUT2D eigenvalue weighted by Gasteiger charge is 2.14. The molecule has 112 valence electrons. The average molecular weight is 284 g/mol. The van der Waals surface area contributed by atoms with Gasteiger partial charge in [-0.2, -0.15) is 0 Å². The summed E-state index contributed by atoms with van der Waals surface area (Å²) in [6, 6.07) is 8.59. The summed E-state index contributed by atoms with van der Waals surface area (Å²) in [5, 5.41) is 3.53. The van der Waals surface area contributed by atoms with E-state index in [9.17, 15) is 0 Å². The van der Waals surface area contributed by atoms with E-state index in [0.29, 0.717) is 12.5 Å². The maximum Gasteiger partial charge on any atom is 0.237 e. The molecule has 1 unspecified atom stereocenters. The van der Waals surface area contributed by atoms with E-state index >= 15 is 0 Å². The van der Waals surface area contributed by atoms with Gasteiger partial charge in [0.1, 0.15) is 0 Å². The highest BCUT2D eigenvalue weighted by Crippen LogP contribution is 2.29. The fraction of sp³-hybridized carbons (Fsp3) is 0.389. The second kappa shape index (κ2) is 6.61. The molecule has 3 heteroatoms. The van der Waals surface area contributed by atoms with Gasteiger partial charge in [0, 0.05) is 12.2 Å². The van der Waals surface area contributed by atoms with Gasteiger partial charge in [-0.3, -0.25) is 0 Å². The third-order valence-electron chi connectivity index (χ3n) is 3.60. The molecule has 21 heavy (non-hydrogen) atoms. The van der Waals surface area contributed by atoms with Crippen LogP contribution in [0.2, 0.25) is 0 Å². The zero-order chi connectivity index (χ0) is 15.4. The van der Waals surface area contributed by atoms with Gasteiger partial charge in [-0.15, -0.1) is 0 Å². The topological polar surface area (TPSA) is 34.1 Å². The Kier molecular flexibility index (Phi) is 4.84. The van der Waals surface area contributed by atoms with Crippen LogP contribution >= 0.6 is 0 Å².